The lowest BCUT2D eigenvalue weighted by Crippen LogP contribution is -2.44. The van der Waals surface area contributed by atoms with Crippen LogP contribution in [-0.2, 0) is 16.1 Å². The van der Waals surface area contributed by atoms with E-state index < -0.39 is 0 Å². The van der Waals surface area contributed by atoms with Gasteiger partial charge in [-0.05, 0) is 103 Å². The first-order valence-electron chi connectivity index (χ1n) is 12.4. The molecular formula is C31H38O3. The largest absolute Gasteiger partial charge is 0.493 e. The summed E-state index contributed by atoms with van der Waals surface area (Å²) in [6.45, 7) is 17.8. The van der Waals surface area contributed by atoms with Gasteiger partial charge in [0.15, 0.2) is 0 Å². The van der Waals surface area contributed by atoms with Crippen LogP contribution in [0.3, 0.4) is 0 Å². The van der Waals surface area contributed by atoms with Gasteiger partial charge >= 0.3 is 0 Å². The summed E-state index contributed by atoms with van der Waals surface area (Å²) < 4.78 is 17.5. The summed E-state index contributed by atoms with van der Waals surface area (Å²) in [5.41, 5.74) is 8.95. The van der Waals surface area contributed by atoms with Gasteiger partial charge < -0.3 is 14.2 Å². The van der Waals surface area contributed by atoms with Crippen molar-refractivity contribution in [2.24, 2.45) is 11.3 Å². The van der Waals surface area contributed by atoms with E-state index >= 15 is 0 Å². The zero-order valence-electron chi connectivity index (χ0n) is 21.4. The molecule has 1 atom stereocenters. The van der Waals surface area contributed by atoms with E-state index in [4.69, 9.17) is 14.2 Å². The second-order valence-corrected chi connectivity index (χ2v) is 10.5. The Hall–Kier alpha value is -2.78. The molecule has 4 rings (SSSR count). The molecule has 0 bridgehead atoms. The Balaban J connectivity index is 1.43. The Morgan fingerprint density at radius 2 is 1.82 bits per heavy atom. The van der Waals surface area contributed by atoms with Gasteiger partial charge in [0.05, 0.1) is 19.8 Å². The third-order valence-corrected chi connectivity index (χ3v) is 6.87. The summed E-state index contributed by atoms with van der Waals surface area (Å²) in [6.07, 6.45) is 6.58. The van der Waals surface area contributed by atoms with Crippen molar-refractivity contribution in [2.75, 3.05) is 19.8 Å². The van der Waals surface area contributed by atoms with Crippen molar-refractivity contribution >= 4 is 0 Å². The molecule has 3 heteroatoms. The number of hydrogen-bond donors (Lipinski definition) is 0. The normalized spacial score (nSPS) is 21.5. The Morgan fingerprint density at radius 1 is 1.12 bits per heavy atom. The minimum Gasteiger partial charge on any atom is -0.493 e. The van der Waals surface area contributed by atoms with E-state index in [0.29, 0.717) is 19.1 Å². The fourth-order valence-electron chi connectivity index (χ4n) is 5.02. The number of hydrogen-bond acceptors (Lipinski definition) is 3. The third kappa shape index (κ3) is 5.64. The first kappa shape index (κ1) is 24.3. The van der Waals surface area contributed by atoms with E-state index in [9.17, 15) is 0 Å². The molecule has 2 fully saturated rings. The molecule has 34 heavy (non-hydrogen) atoms. The fraction of sp³-hybridized carbons (Fsp3) is 0.419. The van der Waals surface area contributed by atoms with E-state index in [1.165, 1.54) is 33.4 Å². The van der Waals surface area contributed by atoms with Gasteiger partial charge in [-0.1, -0.05) is 44.7 Å². The van der Waals surface area contributed by atoms with Crippen molar-refractivity contribution in [1.29, 1.82) is 0 Å². The minimum absolute atomic E-state index is 0.138. The first-order chi connectivity index (χ1) is 16.3. The zero-order valence-corrected chi connectivity index (χ0v) is 21.4. The Kier molecular flexibility index (Phi) is 7.33. The molecule has 0 radical (unpaired) electrons. The van der Waals surface area contributed by atoms with E-state index in [2.05, 4.69) is 89.7 Å². The number of aryl methyl sites for hydroxylation is 2. The van der Waals surface area contributed by atoms with Gasteiger partial charge in [0.1, 0.15) is 18.1 Å². The van der Waals surface area contributed by atoms with Crippen molar-refractivity contribution in [1.82, 2.24) is 0 Å². The van der Waals surface area contributed by atoms with Crippen LogP contribution in [0.15, 0.2) is 72.0 Å². The van der Waals surface area contributed by atoms with Gasteiger partial charge in [0, 0.05) is 5.41 Å². The van der Waals surface area contributed by atoms with Gasteiger partial charge in [0.25, 0.3) is 0 Å². The molecule has 0 N–H and O–H groups in total. The average Bonchev–Trinajstić information content (AvgIpc) is 3.13. The Morgan fingerprint density at radius 3 is 2.47 bits per heavy atom. The molecule has 1 aliphatic heterocycles. The summed E-state index contributed by atoms with van der Waals surface area (Å²) in [4.78, 5) is 0. The molecule has 0 amide bonds. The van der Waals surface area contributed by atoms with Gasteiger partial charge in [0.2, 0.25) is 0 Å². The van der Waals surface area contributed by atoms with Gasteiger partial charge in [-0.25, -0.2) is 0 Å². The SMILES string of the molecule is C=C(/C=C1/CC(C)C/C1=C/C)OCc1cccc(-c2c(C)cc(OCC3(C)COC3)cc2C)c1. The second kappa shape index (κ2) is 10.2. The summed E-state index contributed by atoms with van der Waals surface area (Å²) in [7, 11) is 0. The topological polar surface area (TPSA) is 27.7 Å². The predicted molar refractivity (Wildman–Crippen MR) is 140 cm³/mol. The third-order valence-electron chi connectivity index (χ3n) is 6.87. The summed E-state index contributed by atoms with van der Waals surface area (Å²) in [5.74, 6) is 2.35. The van der Waals surface area contributed by atoms with E-state index in [1.807, 2.05) is 0 Å². The second-order valence-electron chi connectivity index (χ2n) is 10.5. The molecular weight excluding hydrogens is 420 g/mol. The molecule has 1 unspecified atom stereocenters. The maximum Gasteiger partial charge on any atom is 0.119 e. The van der Waals surface area contributed by atoms with Crippen LogP contribution in [0.4, 0.5) is 0 Å². The fourth-order valence-corrected chi connectivity index (χ4v) is 5.02. The van der Waals surface area contributed by atoms with Gasteiger partial charge in [-0.15, -0.1) is 0 Å². The maximum atomic E-state index is 6.11. The van der Waals surface area contributed by atoms with Crippen LogP contribution >= 0.6 is 0 Å². The highest BCUT2D eigenvalue weighted by Gasteiger charge is 2.34. The average molecular weight is 459 g/mol. The lowest BCUT2D eigenvalue weighted by Gasteiger charge is -2.37. The van der Waals surface area contributed by atoms with Crippen LogP contribution < -0.4 is 4.74 Å². The number of allylic oxidation sites excluding steroid dienone is 4. The lowest BCUT2D eigenvalue weighted by molar-refractivity contribution is -0.120. The molecule has 0 spiro atoms. The highest BCUT2D eigenvalue weighted by Crippen LogP contribution is 2.36. The minimum atomic E-state index is 0.138. The summed E-state index contributed by atoms with van der Waals surface area (Å²) in [5, 5.41) is 0. The van der Waals surface area contributed by atoms with Crippen LogP contribution in [0, 0.1) is 25.2 Å². The van der Waals surface area contributed by atoms with Crippen LogP contribution in [0.2, 0.25) is 0 Å². The molecule has 3 nitrogen and oxygen atoms in total. The molecule has 1 aliphatic carbocycles. The molecule has 2 aromatic rings. The van der Waals surface area contributed by atoms with Crippen molar-refractivity contribution in [3.8, 4) is 16.9 Å². The predicted octanol–water partition coefficient (Wildman–Crippen LogP) is 7.72. The first-order valence-corrected chi connectivity index (χ1v) is 12.4. The van der Waals surface area contributed by atoms with Crippen LogP contribution in [0.1, 0.15) is 50.3 Å². The van der Waals surface area contributed by atoms with Crippen molar-refractivity contribution in [3.63, 3.8) is 0 Å². The molecule has 0 aromatic heterocycles. The highest BCUT2D eigenvalue weighted by atomic mass is 16.5. The molecule has 180 valence electrons. The Bertz CT molecular complexity index is 1090. The molecule has 1 saturated heterocycles. The smallest absolute Gasteiger partial charge is 0.119 e. The molecule has 2 aromatic carbocycles. The zero-order chi connectivity index (χ0) is 24.3. The Labute approximate surface area is 205 Å². The van der Waals surface area contributed by atoms with Gasteiger partial charge in [-0.3, -0.25) is 0 Å². The van der Waals surface area contributed by atoms with Crippen LogP contribution in [-0.4, -0.2) is 19.8 Å². The van der Waals surface area contributed by atoms with Crippen molar-refractivity contribution in [2.45, 2.75) is 54.1 Å². The molecule has 2 aliphatic rings. The van der Waals surface area contributed by atoms with Crippen LogP contribution in [0.25, 0.3) is 11.1 Å². The van der Waals surface area contributed by atoms with Crippen molar-refractivity contribution < 1.29 is 14.2 Å². The highest BCUT2D eigenvalue weighted by molar-refractivity contribution is 5.72. The van der Waals surface area contributed by atoms with Gasteiger partial charge in [-0.2, -0.15) is 0 Å². The van der Waals surface area contributed by atoms with E-state index in [1.54, 1.807) is 0 Å². The van der Waals surface area contributed by atoms with E-state index in [-0.39, 0.29) is 5.41 Å². The quantitative estimate of drug-likeness (QED) is 0.379. The molecule has 1 saturated carbocycles. The number of rotatable bonds is 8. The molecule has 1 heterocycles. The lowest BCUT2D eigenvalue weighted by atomic mass is 9.90. The summed E-state index contributed by atoms with van der Waals surface area (Å²) in [6, 6.07) is 12.9. The van der Waals surface area contributed by atoms with Crippen LogP contribution in [0.5, 0.6) is 5.75 Å². The summed E-state index contributed by atoms with van der Waals surface area (Å²) >= 11 is 0. The monoisotopic (exact) mass is 458 g/mol. The van der Waals surface area contributed by atoms with E-state index in [0.717, 1.165) is 43.1 Å². The standard InChI is InChI=1S/C31H38O3/c1-7-26-11-21(2)12-28(26)15-24(5)33-17-25-9-8-10-27(16-25)30-22(3)13-29(14-23(30)4)34-20-31(6)18-32-19-31/h7-10,13-16,21H,5,11-12,17-20H2,1-4,6H3/b26-7-,28-15-. The number of benzene rings is 2. The number of ether oxygens (including phenoxy) is 3. The van der Waals surface area contributed by atoms with Crippen molar-refractivity contribution in [3.05, 3.63) is 88.7 Å². The maximum absolute atomic E-state index is 6.11.